The van der Waals surface area contributed by atoms with E-state index in [-0.39, 0.29) is 29.8 Å². The Kier molecular flexibility index (Phi) is 7.35. The number of hydrogen-bond donors (Lipinski definition) is 1. The number of piperazine rings is 1. The number of halogens is 2. The summed E-state index contributed by atoms with van der Waals surface area (Å²) in [4.78, 5) is 2.59. The Balaban J connectivity index is 0.00000144. The van der Waals surface area contributed by atoms with Crippen LogP contribution in [0.4, 0.5) is 5.69 Å². The van der Waals surface area contributed by atoms with Gasteiger partial charge in [-0.2, -0.15) is 5.10 Å². The van der Waals surface area contributed by atoms with Gasteiger partial charge in [-0.1, -0.05) is 36.4 Å². The van der Waals surface area contributed by atoms with Crippen molar-refractivity contribution >= 4 is 62.0 Å². The molecule has 32 heavy (non-hydrogen) atoms. The van der Waals surface area contributed by atoms with Gasteiger partial charge in [-0.05, 0) is 36.6 Å². The van der Waals surface area contributed by atoms with E-state index >= 15 is 0 Å². The molecule has 1 saturated heterocycles. The molecule has 3 aromatic carbocycles. The van der Waals surface area contributed by atoms with Crippen LogP contribution in [-0.4, -0.2) is 44.4 Å². The van der Waals surface area contributed by atoms with Crippen molar-refractivity contribution in [3.63, 3.8) is 0 Å². The lowest BCUT2D eigenvalue weighted by atomic mass is 10.1. The minimum Gasteiger partial charge on any atom is -0.369 e. The molecule has 0 spiro atoms. The highest BCUT2D eigenvalue weighted by atomic mass is 35.5. The fourth-order valence-corrected chi connectivity index (χ4v) is 5.83. The summed E-state index contributed by atoms with van der Waals surface area (Å²) in [6.45, 7) is 6.23. The van der Waals surface area contributed by atoms with Crippen LogP contribution in [0, 0.1) is 0 Å². The summed E-state index contributed by atoms with van der Waals surface area (Å²) in [7, 11) is -3.79. The Morgan fingerprint density at radius 2 is 1.66 bits per heavy atom. The maximum atomic E-state index is 13.8. The zero-order valence-corrected chi connectivity index (χ0v) is 20.1. The molecular weight excluding hydrogens is 467 g/mol. The van der Waals surface area contributed by atoms with E-state index in [1.807, 2.05) is 49.4 Å². The third-order valence-electron chi connectivity index (χ3n) is 5.78. The van der Waals surface area contributed by atoms with Crippen molar-refractivity contribution in [2.75, 3.05) is 31.1 Å². The van der Waals surface area contributed by atoms with Gasteiger partial charge in [0, 0.05) is 49.2 Å². The van der Waals surface area contributed by atoms with Crippen LogP contribution in [0.2, 0.25) is 0 Å². The molecule has 170 valence electrons. The molecular formula is C23H26Cl2N4O2S. The quantitative estimate of drug-likeness (QED) is 0.460. The van der Waals surface area contributed by atoms with E-state index in [0.717, 1.165) is 48.2 Å². The maximum absolute atomic E-state index is 13.8. The van der Waals surface area contributed by atoms with Crippen LogP contribution >= 0.6 is 24.8 Å². The zero-order chi connectivity index (χ0) is 20.7. The molecule has 1 aromatic heterocycles. The molecule has 0 radical (unpaired) electrons. The molecule has 0 aliphatic carbocycles. The highest BCUT2D eigenvalue weighted by Crippen LogP contribution is 2.33. The Labute approximate surface area is 200 Å². The van der Waals surface area contributed by atoms with Crippen LogP contribution in [0.3, 0.4) is 0 Å². The first-order chi connectivity index (χ1) is 14.6. The summed E-state index contributed by atoms with van der Waals surface area (Å²) < 4.78 is 29.3. The van der Waals surface area contributed by atoms with Crippen molar-refractivity contribution in [2.45, 2.75) is 23.4 Å². The molecule has 0 saturated carbocycles. The van der Waals surface area contributed by atoms with Gasteiger partial charge in [0.05, 0.1) is 10.4 Å². The van der Waals surface area contributed by atoms with Gasteiger partial charge in [-0.3, -0.25) is 4.68 Å². The van der Waals surface area contributed by atoms with Crippen LogP contribution in [0.1, 0.15) is 6.92 Å². The summed E-state index contributed by atoms with van der Waals surface area (Å²) in [5.41, 5.74) is 1.88. The van der Waals surface area contributed by atoms with Crippen molar-refractivity contribution in [1.29, 1.82) is 0 Å². The first kappa shape index (κ1) is 24.3. The number of benzene rings is 3. The monoisotopic (exact) mass is 492 g/mol. The first-order valence-electron chi connectivity index (χ1n) is 10.3. The van der Waals surface area contributed by atoms with E-state index in [0.29, 0.717) is 16.8 Å². The van der Waals surface area contributed by atoms with Crippen LogP contribution in [0.5, 0.6) is 0 Å². The van der Waals surface area contributed by atoms with Gasteiger partial charge in [0.1, 0.15) is 0 Å². The van der Waals surface area contributed by atoms with Gasteiger partial charge in [0.2, 0.25) is 9.84 Å². The van der Waals surface area contributed by atoms with Crippen molar-refractivity contribution in [1.82, 2.24) is 15.1 Å². The number of aryl methyl sites for hydroxylation is 1. The molecule has 1 aliphatic rings. The number of hydrogen-bond acceptors (Lipinski definition) is 5. The molecule has 6 nitrogen and oxygen atoms in total. The predicted octanol–water partition coefficient (Wildman–Crippen LogP) is 4.30. The average Bonchev–Trinajstić information content (AvgIpc) is 3.18. The third-order valence-corrected chi connectivity index (χ3v) is 7.52. The second kappa shape index (κ2) is 9.67. The smallest absolute Gasteiger partial charge is 0.226 e. The largest absolute Gasteiger partial charge is 0.369 e. The number of aromatic nitrogens is 2. The van der Waals surface area contributed by atoms with Gasteiger partial charge in [0.15, 0.2) is 5.03 Å². The summed E-state index contributed by atoms with van der Waals surface area (Å²) in [6.07, 6.45) is 0. The molecule has 1 N–H and O–H groups in total. The van der Waals surface area contributed by atoms with E-state index in [1.165, 1.54) is 0 Å². The van der Waals surface area contributed by atoms with E-state index in [4.69, 9.17) is 0 Å². The van der Waals surface area contributed by atoms with Crippen molar-refractivity contribution in [2.24, 2.45) is 0 Å². The first-order valence-corrected chi connectivity index (χ1v) is 11.8. The van der Waals surface area contributed by atoms with Gasteiger partial charge in [-0.15, -0.1) is 24.8 Å². The Hall–Kier alpha value is -2.32. The fourth-order valence-electron chi connectivity index (χ4n) is 4.23. The third kappa shape index (κ3) is 4.06. The summed E-state index contributed by atoms with van der Waals surface area (Å²) in [6, 6.07) is 19.0. The van der Waals surface area contributed by atoms with Crippen LogP contribution < -0.4 is 10.2 Å². The summed E-state index contributed by atoms with van der Waals surface area (Å²) >= 11 is 0. The van der Waals surface area contributed by atoms with Gasteiger partial charge in [0.25, 0.3) is 0 Å². The number of nitrogens with one attached hydrogen (secondary N) is 1. The number of rotatable bonds is 4. The maximum Gasteiger partial charge on any atom is 0.226 e. The number of fused-ring (bicyclic) bond motifs is 2. The molecule has 0 atom stereocenters. The molecule has 5 rings (SSSR count). The fraction of sp³-hybridized carbons (Fsp3) is 0.261. The lowest BCUT2D eigenvalue weighted by molar-refractivity contribution is 0.585. The van der Waals surface area contributed by atoms with Gasteiger partial charge < -0.3 is 10.2 Å². The average molecular weight is 493 g/mol. The molecule has 2 heterocycles. The lowest BCUT2D eigenvalue weighted by Crippen LogP contribution is -2.43. The molecule has 4 aromatic rings. The summed E-state index contributed by atoms with van der Waals surface area (Å²) in [5, 5.41) is 10.3. The molecule has 1 fully saturated rings. The van der Waals surface area contributed by atoms with Crippen LogP contribution in [0.15, 0.2) is 70.6 Å². The van der Waals surface area contributed by atoms with Crippen molar-refractivity contribution in [3.05, 3.63) is 60.7 Å². The molecule has 1 aliphatic heterocycles. The molecule has 9 heteroatoms. The second-order valence-electron chi connectivity index (χ2n) is 7.54. The predicted molar refractivity (Wildman–Crippen MR) is 134 cm³/mol. The Bertz CT molecular complexity index is 1340. The topological polar surface area (TPSA) is 67.2 Å². The van der Waals surface area contributed by atoms with Crippen LogP contribution in [0.25, 0.3) is 21.7 Å². The Morgan fingerprint density at radius 1 is 0.938 bits per heavy atom. The molecule has 0 amide bonds. The number of sulfone groups is 1. The van der Waals surface area contributed by atoms with E-state index in [9.17, 15) is 8.42 Å². The minimum atomic E-state index is -3.79. The van der Waals surface area contributed by atoms with Crippen molar-refractivity contribution < 1.29 is 8.42 Å². The molecule has 0 unspecified atom stereocenters. The van der Waals surface area contributed by atoms with E-state index in [1.54, 1.807) is 16.8 Å². The normalized spacial score (nSPS) is 14.2. The van der Waals surface area contributed by atoms with E-state index < -0.39 is 9.84 Å². The highest BCUT2D eigenvalue weighted by Gasteiger charge is 2.27. The lowest BCUT2D eigenvalue weighted by Gasteiger charge is -2.29. The van der Waals surface area contributed by atoms with Crippen molar-refractivity contribution in [3.8, 4) is 0 Å². The second-order valence-corrected chi connectivity index (χ2v) is 9.37. The standard InChI is InChI=1S/C23H24N4O2S.2ClH/c1-2-27-21-11-10-18(26-14-12-24-13-15-26)16-20(21)23(25-27)30(28,29)22-9-5-7-17-6-3-4-8-19(17)22;;/h3-11,16,24H,2,12-15H2,1H3;2*1H. The van der Waals surface area contributed by atoms with Crippen LogP contribution in [-0.2, 0) is 16.4 Å². The zero-order valence-electron chi connectivity index (χ0n) is 17.7. The number of anilines is 1. The van der Waals surface area contributed by atoms with Gasteiger partial charge >= 0.3 is 0 Å². The van der Waals surface area contributed by atoms with E-state index in [2.05, 4.69) is 21.4 Å². The van der Waals surface area contributed by atoms with Gasteiger partial charge in [-0.25, -0.2) is 8.42 Å². The summed E-state index contributed by atoms with van der Waals surface area (Å²) in [5.74, 6) is 0. The highest BCUT2D eigenvalue weighted by molar-refractivity contribution is 7.91. The molecule has 0 bridgehead atoms. The minimum absolute atomic E-state index is 0. The Morgan fingerprint density at radius 3 is 2.41 bits per heavy atom. The SMILES string of the molecule is CCn1nc(S(=O)(=O)c2cccc3ccccc23)c2cc(N3CCNCC3)ccc21.Cl.Cl. The number of nitrogens with zero attached hydrogens (tertiary/aromatic N) is 3.